The van der Waals surface area contributed by atoms with E-state index in [-0.39, 0.29) is 5.82 Å². The van der Waals surface area contributed by atoms with Gasteiger partial charge >= 0.3 is 195 Å². The summed E-state index contributed by atoms with van der Waals surface area (Å²) in [5.41, 5.74) is 0.801. The van der Waals surface area contributed by atoms with Crippen molar-refractivity contribution >= 4 is 41.1 Å². The quantitative estimate of drug-likeness (QED) is 0.176. The number of halogens is 1. The Kier molecular flexibility index (Phi) is 11.0. The molecule has 0 N–H and O–H groups in total. The van der Waals surface area contributed by atoms with Crippen molar-refractivity contribution in [2.45, 2.75) is 105 Å². The van der Waals surface area contributed by atoms with Crippen molar-refractivity contribution in [3.05, 3.63) is 18.2 Å². The first-order valence-corrected chi connectivity index (χ1v) is 23.5. The van der Waals surface area contributed by atoms with Crippen LogP contribution in [0.15, 0.2) is 12.4 Å². The third kappa shape index (κ3) is 7.52. The third-order valence-corrected chi connectivity index (χ3v) is 23.8. The molecule has 31 heavy (non-hydrogen) atoms. The fraction of sp³-hybridized carbons (Fsp3) is 0.750. The zero-order valence-electron chi connectivity index (χ0n) is 20.8. The summed E-state index contributed by atoms with van der Waals surface area (Å²) in [7, 11) is -1.12. The van der Waals surface area contributed by atoms with E-state index < -0.39 is 26.5 Å². The Morgan fingerprint density at radius 2 is 1.55 bits per heavy atom. The molecule has 0 fully saturated rings. The molecule has 0 unspecified atom stereocenters. The van der Waals surface area contributed by atoms with Crippen LogP contribution in [0.1, 0.15) is 59.3 Å². The van der Waals surface area contributed by atoms with E-state index in [2.05, 4.69) is 50.5 Å². The van der Waals surface area contributed by atoms with Gasteiger partial charge < -0.3 is 0 Å². The van der Waals surface area contributed by atoms with Gasteiger partial charge in [0.15, 0.2) is 0 Å². The molecule has 2 rings (SSSR count). The van der Waals surface area contributed by atoms with E-state index >= 15 is 4.39 Å². The number of hydrogen-bond donors (Lipinski definition) is 0. The summed E-state index contributed by atoms with van der Waals surface area (Å²) in [4.78, 5) is 4.47. The Morgan fingerprint density at radius 1 is 0.968 bits per heavy atom. The minimum absolute atomic E-state index is 0.0780. The van der Waals surface area contributed by atoms with Gasteiger partial charge in [0, 0.05) is 0 Å². The van der Waals surface area contributed by atoms with Crippen molar-refractivity contribution in [3.8, 4) is 0 Å². The van der Waals surface area contributed by atoms with Gasteiger partial charge in [0.25, 0.3) is 0 Å². The van der Waals surface area contributed by atoms with Gasteiger partial charge in [-0.3, -0.25) is 0 Å². The molecular weight excluding hydrogens is 512 g/mol. The number of pyridine rings is 1. The second-order valence-corrected chi connectivity index (χ2v) is 28.9. The fourth-order valence-electron chi connectivity index (χ4n) is 4.46. The van der Waals surface area contributed by atoms with Crippen LogP contribution in [0.4, 0.5) is 4.39 Å². The maximum absolute atomic E-state index is 15.5. The predicted molar refractivity (Wildman–Crippen MR) is 136 cm³/mol. The number of hydrogen-bond acceptors (Lipinski definition) is 3. The van der Waals surface area contributed by atoms with Crippen molar-refractivity contribution in [2.24, 2.45) is 0 Å². The number of fused-ring (bicyclic) bond motifs is 1. The first-order chi connectivity index (χ1) is 14.8. The third-order valence-electron chi connectivity index (χ3n) is 6.39. The second-order valence-electron chi connectivity index (χ2n) is 10.3. The van der Waals surface area contributed by atoms with Crippen molar-refractivity contribution in [2.75, 3.05) is 6.61 Å². The normalized spacial score (nSPS) is 12.7. The fourth-order valence-corrected chi connectivity index (χ4v) is 22.1. The molecule has 0 saturated heterocycles. The zero-order chi connectivity index (χ0) is 22.9. The van der Waals surface area contributed by atoms with Crippen LogP contribution >= 0.6 is 0 Å². The van der Waals surface area contributed by atoms with E-state index in [1.54, 1.807) is 0 Å². The number of ether oxygens (including phenoxy) is 1. The monoisotopic (exact) mass is 557 g/mol. The van der Waals surface area contributed by atoms with Crippen LogP contribution in [0.5, 0.6) is 0 Å². The van der Waals surface area contributed by atoms with Crippen molar-refractivity contribution in [3.63, 3.8) is 0 Å². The maximum atomic E-state index is 15.5. The average molecular weight is 556 g/mol. The second kappa shape index (κ2) is 12.7. The van der Waals surface area contributed by atoms with Gasteiger partial charge in [0.2, 0.25) is 0 Å². The molecule has 0 atom stereocenters. The van der Waals surface area contributed by atoms with Crippen LogP contribution in [-0.2, 0) is 11.5 Å². The summed E-state index contributed by atoms with van der Waals surface area (Å²) < 4.78 is 28.0. The number of unbranched alkanes of at least 4 members (excludes halogenated alkanes) is 3. The standard InChI is InChI=1S/C12H17FN3OSi.3C4H9.Sn/c1-18(2,3)5-4-17-9-16-12-10(7-15-16)6-11(13)8-14-12;3*1-3-4-2;/h7-8H,4-5,9H2,1-3H3;3*1,3-4H2,2H3;. The SMILES string of the molecule is CCC[CH2][Sn]([CH2]CCC)([CH2]CCC)[c]1c(F)cnc2c1cnn2COCC[Si](C)(C)C. The summed E-state index contributed by atoms with van der Waals surface area (Å²) in [6.45, 7) is 15.0. The molecule has 7 heteroatoms. The molecule has 0 bridgehead atoms. The van der Waals surface area contributed by atoms with Gasteiger partial charge in [0.1, 0.15) is 0 Å². The Bertz CT molecular complexity index is 784. The Labute approximate surface area is 194 Å². The Balaban J connectivity index is 2.41. The van der Waals surface area contributed by atoms with Gasteiger partial charge in [-0.15, -0.1) is 0 Å². The summed E-state index contributed by atoms with van der Waals surface area (Å²) >= 11 is -2.95. The molecular formula is C24H44FN3OSiSn. The van der Waals surface area contributed by atoms with Gasteiger partial charge in [-0.25, -0.2) is 0 Å². The Morgan fingerprint density at radius 3 is 2.06 bits per heavy atom. The molecule has 4 nitrogen and oxygen atoms in total. The number of rotatable bonds is 15. The van der Waals surface area contributed by atoms with Crippen LogP contribution in [0, 0.1) is 5.82 Å². The molecule has 176 valence electrons. The predicted octanol–water partition coefficient (Wildman–Crippen LogP) is 6.94. The average Bonchev–Trinajstić information content (AvgIpc) is 3.13. The summed E-state index contributed by atoms with van der Waals surface area (Å²) in [5.74, 6) is -0.0780. The van der Waals surface area contributed by atoms with E-state index in [0.29, 0.717) is 6.73 Å². The molecule has 2 aromatic rings. The molecule has 2 heterocycles. The minimum atomic E-state index is -2.95. The number of nitrogens with zero attached hydrogens (tertiary/aromatic N) is 3. The van der Waals surface area contributed by atoms with Crippen LogP contribution < -0.4 is 3.58 Å². The van der Waals surface area contributed by atoms with Crippen LogP contribution in [0.2, 0.25) is 39.0 Å². The molecule has 0 spiro atoms. The van der Waals surface area contributed by atoms with E-state index in [0.717, 1.165) is 27.3 Å². The van der Waals surface area contributed by atoms with Gasteiger partial charge in [-0.2, -0.15) is 0 Å². The van der Waals surface area contributed by atoms with Crippen LogP contribution in [0.3, 0.4) is 0 Å². The first kappa shape index (κ1) is 26.8. The van der Waals surface area contributed by atoms with E-state index in [4.69, 9.17) is 4.74 Å². The molecule has 0 radical (unpaired) electrons. The Hall–Kier alpha value is -0.474. The molecule has 0 saturated carbocycles. The van der Waals surface area contributed by atoms with Crippen molar-refractivity contribution < 1.29 is 9.13 Å². The number of aromatic nitrogens is 3. The zero-order valence-corrected chi connectivity index (χ0v) is 24.6. The summed E-state index contributed by atoms with van der Waals surface area (Å²) in [6.07, 6.45) is 10.5. The first-order valence-electron chi connectivity index (χ1n) is 12.4. The van der Waals surface area contributed by atoms with Gasteiger partial charge in [-0.05, 0) is 0 Å². The summed E-state index contributed by atoms with van der Waals surface area (Å²) in [6, 6.07) is 1.13. The molecule has 0 aliphatic carbocycles. The molecule has 0 aromatic carbocycles. The molecule has 2 aromatic heterocycles. The van der Waals surface area contributed by atoms with Crippen LogP contribution in [0.25, 0.3) is 11.0 Å². The van der Waals surface area contributed by atoms with Crippen molar-refractivity contribution in [1.29, 1.82) is 0 Å². The molecule has 0 aliphatic rings. The topological polar surface area (TPSA) is 39.9 Å². The van der Waals surface area contributed by atoms with E-state index in [1.165, 1.54) is 58.0 Å². The van der Waals surface area contributed by atoms with Crippen LogP contribution in [-0.4, -0.2) is 47.8 Å². The molecule has 0 aliphatic heterocycles. The van der Waals surface area contributed by atoms with E-state index in [9.17, 15) is 0 Å². The van der Waals surface area contributed by atoms with Crippen molar-refractivity contribution in [1.82, 2.24) is 14.8 Å². The summed E-state index contributed by atoms with van der Waals surface area (Å²) in [5, 5.41) is 5.56. The van der Waals surface area contributed by atoms with E-state index in [1.807, 2.05) is 10.9 Å². The molecule has 0 amide bonds. The van der Waals surface area contributed by atoms with Gasteiger partial charge in [-0.1, -0.05) is 0 Å². The van der Waals surface area contributed by atoms with Gasteiger partial charge in [0.05, 0.1) is 0 Å².